The third-order valence-corrected chi connectivity index (χ3v) is 6.17. The van der Waals surface area contributed by atoms with Crippen LogP contribution in [0.4, 0.5) is 5.13 Å². The van der Waals surface area contributed by atoms with Gasteiger partial charge in [-0.3, -0.25) is 0 Å². The van der Waals surface area contributed by atoms with E-state index < -0.39 is 0 Å². The quantitative estimate of drug-likeness (QED) is 0.791. The van der Waals surface area contributed by atoms with Gasteiger partial charge in [0, 0.05) is 15.7 Å². The van der Waals surface area contributed by atoms with Gasteiger partial charge < -0.3 is 5.73 Å². The maximum Gasteiger partial charge on any atom is 0.180 e. The minimum atomic E-state index is 0.0719. The van der Waals surface area contributed by atoms with Gasteiger partial charge in [0.15, 0.2) is 5.13 Å². The fraction of sp³-hybridized carbons (Fsp3) is 0.769. The molecule has 0 unspecified atom stereocenters. The summed E-state index contributed by atoms with van der Waals surface area (Å²) in [5.41, 5.74) is 7.30. The Morgan fingerprint density at radius 2 is 2.00 bits per heavy atom. The Morgan fingerprint density at radius 1 is 1.29 bits per heavy atom. The van der Waals surface area contributed by atoms with Crippen molar-refractivity contribution in [2.75, 3.05) is 5.73 Å². The number of nitrogen functional groups attached to an aromatic ring is 1. The number of alkyl halides is 1. The Bertz CT molecular complexity index is 456. The monoisotopic (exact) mass is 268 g/mol. The Balaban J connectivity index is 1.79. The molecular formula is C13H17ClN2S. The molecule has 4 aliphatic carbocycles. The van der Waals surface area contributed by atoms with Gasteiger partial charge in [-0.1, -0.05) is 0 Å². The number of rotatable bonds is 1. The molecule has 4 saturated carbocycles. The summed E-state index contributed by atoms with van der Waals surface area (Å²) in [6.45, 7) is 0. The lowest BCUT2D eigenvalue weighted by Crippen LogP contribution is -2.55. The van der Waals surface area contributed by atoms with Crippen molar-refractivity contribution >= 4 is 28.1 Å². The lowest BCUT2D eigenvalue weighted by molar-refractivity contribution is 0.00721. The number of nitrogens with zero attached hydrogens (tertiary/aromatic N) is 1. The van der Waals surface area contributed by atoms with Crippen LogP contribution in [-0.2, 0) is 5.41 Å². The summed E-state index contributed by atoms with van der Waals surface area (Å²) in [4.78, 5) is 4.64. The third kappa shape index (κ3) is 1.48. The van der Waals surface area contributed by atoms with Crippen molar-refractivity contribution in [3.05, 3.63) is 11.1 Å². The van der Waals surface area contributed by atoms with Crippen LogP contribution < -0.4 is 5.73 Å². The van der Waals surface area contributed by atoms with E-state index in [1.807, 2.05) is 0 Å². The predicted molar refractivity (Wildman–Crippen MR) is 71.5 cm³/mol. The minimum Gasteiger partial charge on any atom is -0.375 e. The van der Waals surface area contributed by atoms with Gasteiger partial charge in [0.2, 0.25) is 0 Å². The highest BCUT2D eigenvalue weighted by Crippen LogP contribution is 2.64. The van der Waals surface area contributed by atoms with Gasteiger partial charge in [0.1, 0.15) is 0 Å². The molecule has 5 rings (SSSR count). The van der Waals surface area contributed by atoms with Crippen LogP contribution >= 0.6 is 22.9 Å². The van der Waals surface area contributed by atoms with Crippen molar-refractivity contribution in [2.24, 2.45) is 11.8 Å². The van der Waals surface area contributed by atoms with E-state index in [4.69, 9.17) is 17.3 Å². The van der Waals surface area contributed by atoms with E-state index in [-0.39, 0.29) is 10.3 Å². The standard InChI is InChI=1S/C13H17ClN2S/c14-13-4-8-1-9(5-13)3-12(2-8,7-13)10-6-17-11(15)16-10/h6,8-9H,1-5,7H2,(H2,15,16)/t8-,9-,12?,13?/m0/s1. The number of nitrogens with two attached hydrogens (primary N) is 1. The van der Waals surface area contributed by atoms with Gasteiger partial charge in [-0.25, -0.2) is 4.98 Å². The van der Waals surface area contributed by atoms with Gasteiger partial charge >= 0.3 is 0 Å². The average Bonchev–Trinajstić information content (AvgIpc) is 2.61. The van der Waals surface area contributed by atoms with Crippen LogP contribution in [0.15, 0.2) is 5.38 Å². The fourth-order valence-corrected chi connectivity index (χ4v) is 6.36. The fourth-order valence-electron chi connectivity index (χ4n) is 4.98. The summed E-state index contributed by atoms with van der Waals surface area (Å²) in [5.74, 6) is 1.66. The molecule has 4 bridgehead atoms. The lowest BCUT2D eigenvalue weighted by atomic mass is 9.48. The Labute approximate surface area is 111 Å². The van der Waals surface area contributed by atoms with Gasteiger partial charge in [0.05, 0.1) is 5.69 Å². The Kier molecular flexibility index (Phi) is 1.99. The smallest absolute Gasteiger partial charge is 0.180 e. The second-order valence-corrected chi connectivity index (χ2v) is 8.15. The Morgan fingerprint density at radius 3 is 2.53 bits per heavy atom. The van der Waals surface area contributed by atoms with Crippen molar-refractivity contribution in [3.63, 3.8) is 0 Å². The van der Waals surface area contributed by atoms with E-state index in [1.165, 1.54) is 37.8 Å². The first-order chi connectivity index (χ1) is 8.07. The molecule has 4 heteroatoms. The van der Waals surface area contributed by atoms with Gasteiger partial charge in [-0.15, -0.1) is 22.9 Å². The van der Waals surface area contributed by atoms with Crippen molar-refractivity contribution < 1.29 is 0 Å². The summed E-state index contributed by atoms with van der Waals surface area (Å²) >= 11 is 8.40. The van der Waals surface area contributed by atoms with E-state index in [1.54, 1.807) is 11.3 Å². The molecule has 0 aliphatic heterocycles. The maximum absolute atomic E-state index is 6.82. The topological polar surface area (TPSA) is 38.9 Å². The summed E-state index contributed by atoms with van der Waals surface area (Å²) in [7, 11) is 0. The molecule has 0 amide bonds. The first-order valence-electron chi connectivity index (χ1n) is 6.47. The van der Waals surface area contributed by atoms with Crippen LogP contribution in [0.1, 0.15) is 44.2 Å². The van der Waals surface area contributed by atoms with E-state index in [2.05, 4.69) is 10.4 Å². The van der Waals surface area contributed by atoms with Crippen LogP contribution in [0.5, 0.6) is 0 Å². The van der Waals surface area contributed by atoms with Crippen molar-refractivity contribution in [2.45, 2.75) is 48.8 Å². The molecule has 92 valence electrons. The van der Waals surface area contributed by atoms with Crippen molar-refractivity contribution in [1.82, 2.24) is 4.98 Å². The zero-order valence-corrected chi connectivity index (χ0v) is 11.4. The molecule has 17 heavy (non-hydrogen) atoms. The molecule has 4 aliphatic rings. The molecule has 1 aromatic rings. The second kappa shape index (κ2) is 3.18. The number of halogens is 1. The molecule has 2 nitrogen and oxygen atoms in total. The van der Waals surface area contributed by atoms with E-state index in [0.717, 1.165) is 18.3 Å². The minimum absolute atomic E-state index is 0.0719. The molecule has 1 aromatic heterocycles. The van der Waals surface area contributed by atoms with Gasteiger partial charge in [-0.2, -0.15) is 0 Å². The summed E-state index contributed by atoms with van der Waals surface area (Å²) in [5, 5.41) is 2.88. The van der Waals surface area contributed by atoms with Crippen LogP contribution in [0, 0.1) is 11.8 Å². The second-order valence-electron chi connectivity index (χ2n) is 6.46. The largest absolute Gasteiger partial charge is 0.375 e. The zero-order chi connectivity index (χ0) is 11.7. The number of hydrogen-bond donors (Lipinski definition) is 1. The number of hydrogen-bond acceptors (Lipinski definition) is 3. The van der Waals surface area contributed by atoms with Crippen LogP contribution in [0.25, 0.3) is 0 Å². The molecule has 1 heterocycles. The van der Waals surface area contributed by atoms with Crippen LogP contribution in [0.2, 0.25) is 0 Å². The molecule has 4 fully saturated rings. The van der Waals surface area contributed by atoms with Gasteiger partial charge in [0.25, 0.3) is 0 Å². The van der Waals surface area contributed by atoms with Gasteiger partial charge in [-0.05, 0) is 50.4 Å². The molecule has 0 radical (unpaired) electrons. The SMILES string of the molecule is Nc1nc(C23C[C@@H]4C[C@H](CC(Cl)(C4)C2)C3)cs1. The van der Waals surface area contributed by atoms with E-state index in [0.29, 0.717) is 5.13 Å². The Hall–Kier alpha value is -0.280. The van der Waals surface area contributed by atoms with Crippen LogP contribution in [0.3, 0.4) is 0 Å². The number of anilines is 1. The maximum atomic E-state index is 6.82. The highest BCUT2D eigenvalue weighted by atomic mass is 35.5. The molecule has 0 aromatic carbocycles. The van der Waals surface area contributed by atoms with E-state index in [9.17, 15) is 0 Å². The number of aromatic nitrogens is 1. The molecule has 2 atom stereocenters. The molecular weight excluding hydrogens is 252 g/mol. The van der Waals surface area contributed by atoms with Crippen molar-refractivity contribution in [1.29, 1.82) is 0 Å². The highest BCUT2D eigenvalue weighted by Gasteiger charge is 2.58. The molecule has 2 N–H and O–H groups in total. The molecule has 0 spiro atoms. The van der Waals surface area contributed by atoms with Crippen LogP contribution in [-0.4, -0.2) is 9.86 Å². The zero-order valence-electron chi connectivity index (χ0n) is 9.79. The van der Waals surface area contributed by atoms with E-state index >= 15 is 0 Å². The summed E-state index contributed by atoms with van der Waals surface area (Å²) in [6, 6.07) is 0. The highest BCUT2D eigenvalue weighted by molar-refractivity contribution is 7.13. The first-order valence-corrected chi connectivity index (χ1v) is 7.73. The predicted octanol–water partition coefficient (Wildman–Crippen LogP) is 3.55. The van der Waals surface area contributed by atoms with Crippen molar-refractivity contribution in [3.8, 4) is 0 Å². The number of thiazole rings is 1. The molecule has 0 saturated heterocycles. The average molecular weight is 269 g/mol. The first kappa shape index (κ1) is 10.6. The summed E-state index contributed by atoms with van der Waals surface area (Å²) in [6.07, 6.45) is 7.56. The third-order valence-electron chi connectivity index (χ3n) is 5.06. The normalized spacial score (nSPS) is 47.6. The summed E-state index contributed by atoms with van der Waals surface area (Å²) < 4.78 is 0. The lowest BCUT2D eigenvalue weighted by Gasteiger charge is -2.59.